The molecule has 2 aromatic rings. The van der Waals surface area contributed by atoms with Crippen LogP contribution in [0.5, 0.6) is 0 Å². The molecule has 166 valence electrons. The third-order valence-electron chi connectivity index (χ3n) is 4.54. The zero-order chi connectivity index (χ0) is 22.5. The minimum absolute atomic E-state index is 0.138. The van der Waals surface area contributed by atoms with Gasteiger partial charge in [-0.15, -0.1) is 0 Å². The lowest BCUT2D eigenvalue weighted by molar-refractivity contribution is -0.138. The monoisotopic (exact) mass is 455 g/mol. The molecule has 31 heavy (non-hydrogen) atoms. The molecule has 2 aromatic carbocycles. The Morgan fingerprint density at radius 1 is 1.10 bits per heavy atom. The van der Waals surface area contributed by atoms with Crippen LogP contribution in [0, 0.1) is 0 Å². The molecule has 0 aromatic heterocycles. The van der Waals surface area contributed by atoms with E-state index in [0.29, 0.717) is 31.9 Å². The summed E-state index contributed by atoms with van der Waals surface area (Å²) < 4.78 is 74.8. The second kappa shape index (κ2) is 9.63. The lowest BCUT2D eigenvalue weighted by Gasteiger charge is -2.26. The molecule has 1 heterocycles. The third-order valence-corrected chi connectivity index (χ3v) is 6.45. The van der Waals surface area contributed by atoms with Gasteiger partial charge in [-0.1, -0.05) is 24.3 Å². The molecule has 3 rings (SSSR count). The minimum Gasteiger partial charge on any atom is -0.458 e. The van der Waals surface area contributed by atoms with E-state index in [9.17, 15) is 26.4 Å². The summed E-state index contributed by atoms with van der Waals surface area (Å²) in [5, 5.41) is 0. The van der Waals surface area contributed by atoms with E-state index < -0.39 is 27.7 Å². The molecule has 1 aliphatic rings. The highest BCUT2D eigenvalue weighted by molar-refractivity contribution is 7.89. The molecular weight excluding hydrogens is 435 g/mol. The van der Waals surface area contributed by atoms with E-state index in [0.717, 1.165) is 18.2 Å². The molecule has 0 atom stereocenters. The van der Waals surface area contributed by atoms with Crippen molar-refractivity contribution in [3.05, 3.63) is 71.3 Å². The summed E-state index contributed by atoms with van der Waals surface area (Å²) in [5.74, 6) is -0.734. The molecule has 0 amide bonds. The van der Waals surface area contributed by atoms with Gasteiger partial charge in [0.25, 0.3) is 0 Å². The first-order valence-corrected chi connectivity index (χ1v) is 10.8. The molecule has 1 saturated heterocycles. The molecular formula is C21H20F3NO5S. The normalized spacial score (nSPS) is 15.8. The zero-order valence-corrected chi connectivity index (χ0v) is 17.2. The number of alkyl halides is 3. The number of carbonyl (C=O) groups is 1. The van der Waals surface area contributed by atoms with Crippen LogP contribution in [0.3, 0.4) is 0 Å². The lowest BCUT2D eigenvalue weighted by Crippen LogP contribution is -2.40. The van der Waals surface area contributed by atoms with Crippen molar-refractivity contribution in [2.75, 3.05) is 26.3 Å². The smallest absolute Gasteiger partial charge is 0.416 e. The van der Waals surface area contributed by atoms with Gasteiger partial charge in [-0.25, -0.2) is 13.2 Å². The van der Waals surface area contributed by atoms with E-state index in [1.807, 2.05) is 0 Å². The molecule has 6 nitrogen and oxygen atoms in total. The van der Waals surface area contributed by atoms with Crippen LogP contribution < -0.4 is 0 Å². The number of hydrogen-bond donors (Lipinski definition) is 0. The Labute approximate surface area is 177 Å². The van der Waals surface area contributed by atoms with Gasteiger partial charge in [0.2, 0.25) is 10.0 Å². The Morgan fingerprint density at radius 3 is 2.42 bits per heavy atom. The quantitative estimate of drug-likeness (QED) is 0.493. The fourth-order valence-corrected chi connectivity index (χ4v) is 4.30. The average Bonchev–Trinajstić information content (AvgIpc) is 2.77. The molecule has 0 spiro atoms. The van der Waals surface area contributed by atoms with Gasteiger partial charge in [-0.3, -0.25) is 0 Å². The number of rotatable bonds is 6. The molecule has 0 bridgehead atoms. The van der Waals surface area contributed by atoms with E-state index in [2.05, 4.69) is 0 Å². The number of morpholine rings is 1. The summed E-state index contributed by atoms with van der Waals surface area (Å²) in [6.45, 7) is 0.985. The average molecular weight is 455 g/mol. The first kappa shape index (κ1) is 23.0. The van der Waals surface area contributed by atoms with Crippen molar-refractivity contribution >= 4 is 22.1 Å². The number of esters is 1. The van der Waals surface area contributed by atoms with Crippen LogP contribution in [0.15, 0.2) is 59.5 Å². The Morgan fingerprint density at radius 2 is 1.77 bits per heavy atom. The largest absolute Gasteiger partial charge is 0.458 e. The van der Waals surface area contributed by atoms with E-state index in [1.165, 1.54) is 34.6 Å². The van der Waals surface area contributed by atoms with Gasteiger partial charge < -0.3 is 9.47 Å². The molecule has 0 unspecified atom stereocenters. The van der Waals surface area contributed by atoms with Crippen molar-refractivity contribution < 1.29 is 35.9 Å². The van der Waals surface area contributed by atoms with E-state index in [1.54, 1.807) is 12.1 Å². The molecule has 0 N–H and O–H groups in total. The van der Waals surface area contributed by atoms with E-state index in [4.69, 9.17) is 9.47 Å². The number of hydrogen-bond acceptors (Lipinski definition) is 5. The van der Waals surface area contributed by atoms with Crippen LogP contribution in [-0.4, -0.2) is 45.0 Å². The number of halogens is 3. The summed E-state index contributed by atoms with van der Waals surface area (Å²) in [6, 6.07) is 10.5. The van der Waals surface area contributed by atoms with Crippen molar-refractivity contribution in [3.8, 4) is 0 Å². The highest BCUT2D eigenvalue weighted by Gasteiger charge is 2.30. The summed E-state index contributed by atoms with van der Waals surface area (Å²) >= 11 is 0. The molecule has 1 fully saturated rings. The van der Waals surface area contributed by atoms with Crippen molar-refractivity contribution in [2.45, 2.75) is 17.7 Å². The summed E-state index contributed by atoms with van der Waals surface area (Å²) in [5.41, 5.74) is -0.0325. The lowest BCUT2D eigenvalue weighted by atomic mass is 10.1. The number of carbonyl (C=O) groups excluding carboxylic acids is 1. The SMILES string of the molecule is O=C(/C=C/c1ccc(S(=O)(=O)N2CCOCC2)cc1)OCc1cccc(C(F)(F)F)c1. The minimum atomic E-state index is -4.47. The predicted molar refractivity (Wildman–Crippen MR) is 106 cm³/mol. The third kappa shape index (κ3) is 6.16. The maximum Gasteiger partial charge on any atom is 0.416 e. The standard InChI is InChI=1S/C21H20F3NO5S/c22-21(23,24)18-3-1-2-17(14-18)15-30-20(26)9-6-16-4-7-19(8-5-16)31(27,28)25-10-12-29-13-11-25/h1-9,14H,10-13,15H2/b9-6+. The number of nitrogens with zero attached hydrogens (tertiary/aromatic N) is 1. The molecule has 1 aliphatic heterocycles. The van der Waals surface area contributed by atoms with Crippen molar-refractivity contribution in [3.63, 3.8) is 0 Å². The fourth-order valence-electron chi connectivity index (χ4n) is 2.89. The second-order valence-electron chi connectivity index (χ2n) is 6.72. The van der Waals surface area contributed by atoms with Gasteiger partial charge in [-0.2, -0.15) is 17.5 Å². The Balaban J connectivity index is 1.57. The first-order chi connectivity index (χ1) is 14.7. The van der Waals surface area contributed by atoms with Crippen LogP contribution in [0.4, 0.5) is 13.2 Å². The van der Waals surface area contributed by atoms with E-state index >= 15 is 0 Å². The topological polar surface area (TPSA) is 72.9 Å². The van der Waals surface area contributed by atoms with Gasteiger partial charge in [0.1, 0.15) is 6.61 Å². The number of ether oxygens (including phenoxy) is 2. The van der Waals surface area contributed by atoms with Crippen molar-refractivity contribution in [1.29, 1.82) is 0 Å². The fraction of sp³-hybridized carbons (Fsp3) is 0.286. The Kier molecular flexibility index (Phi) is 7.14. The van der Waals surface area contributed by atoms with Gasteiger partial charge in [-0.05, 0) is 41.5 Å². The maximum absolute atomic E-state index is 12.7. The van der Waals surface area contributed by atoms with Crippen molar-refractivity contribution in [2.24, 2.45) is 0 Å². The van der Waals surface area contributed by atoms with E-state index in [-0.39, 0.29) is 17.1 Å². The van der Waals surface area contributed by atoms with Gasteiger partial charge >= 0.3 is 12.1 Å². The van der Waals surface area contributed by atoms with Crippen LogP contribution >= 0.6 is 0 Å². The first-order valence-electron chi connectivity index (χ1n) is 9.35. The van der Waals surface area contributed by atoms with Crippen LogP contribution in [0.1, 0.15) is 16.7 Å². The van der Waals surface area contributed by atoms with Crippen LogP contribution in [0.2, 0.25) is 0 Å². The number of sulfonamides is 1. The molecule has 0 aliphatic carbocycles. The zero-order valence-electron chi connectivity index (χ0n) is 16.3. The molecule has 0 radical (unpaired) electrons. The predicted octanol–water partition coefficient (Wildman–Crippen LogP) is 3.48. The van der Waals surface area contributed by atoms with Crippen LogP contribution in [0.25, 0.3) is 6.08 Å². The highest BCUT2D eigenvalue weighted by Crippen LogP contribution is 2.29. The van der Waals surface area contributed by atoms with Crippen molar-refractivity contribution in [1.82, 2.24) is 4.31 Å². The Bertz CT molecular complexity index is 1040. The molecule has 10 heteroatoms. The van der Waals surface area contributed by atoms with Gasteiger partial charge in [0.05, 0.1) is 23.7 Å². The molecule has 0 saturated carbocycles. The summed E-state index contributed by atoms with van der Waals surface area (Å²) in [4.78, 5) is 12.0. The highest BCUT2D eigenvalue weighted by atomic mass is 32.2. The summed E-state index contributed by atoms with van der Waals surface area (Å²) in [6.07, 6.45) is -1.92. The van der Waals surface area contributed by atoms with Gasteiger partial charge in [0.15, 0.2) is 0 Å². The van der Waals surface area contributed by atoms with Crippen LogP contribution in [-0.2, 0) is 37.1 Å². The Hall–Kier alpha value is -2.69. The summed E-state index contributed by atoms with van der Waals surface area (Å²) in [7, 11) is -3.61. The maximum atomic E-state index is 12.7. The second-order valence-corrected chi connectivity index (χ2v) is 8.66. The van der Waals surface area contributed by atoms with Gasteiger partial charge in [0, 0.05) is 19.2 Å². The number of benzene rings is 2.